The van der Waals surface area contributed by atoms with Gasteiger partial charge in [0.15, 0.2) is 0 Å². The van der Waals surface area contributed by atoms with Gasteiger partial charge >= 0.3 is 6.18 Å². The third-order valence-corrected chi connectivity index (χ3v) is 3.46. The SMILES string of the molecule is O=C1CN2c3ccc(C(F)(F)F)cc3CC2CN1. The van der Waals surface area contributed by atoms with E-state index in [-0.39, 0.29) is 18.5 Å². The summed E-state index contributed by atoms with van der Waals surface area (Å²) in [6.45, 7) is 0.720. The zero-order valence-corrected chi connectivity index (χ0v) is 9.42. The predicted octanol–water partition coefficient (Wildman–Crippen LogP) is 1.57. The first-order chi connectivity index (χ1) is 8.45. The van der Waals surface area contributed by atoms with E-state index in [4.69, 9.17) is 0 Å². The number of nitrogens with zero attached hydrogens (tertiary/aromatic N) is 1. The minimum Gasteiger partial charge on any atom is -0.357 e. The molecule has 1 aromatic carbocycles. The van der Waals surface area contributed by atoms with E-state index in [1.54, 1.807) is 0 Å². The van der Waals surface area contributed by atoms with Gasteiger partial charge < -0.3 is 10.2 Å². The minimum absolute atomic E-state index is 0.0843. The number of alkyl halides is 3. The third kappa shape index (κ3) is 1.72. The highest BCUT2D eigenvalue weighted by atomic mass is 19.4. The maximum atomic E-state index is 12.6. The zero-order valence-electron chi connectivity index (χ0n) is 9.42. The molecule has 1 unspecified atom stereocenters. The summed E-state index contributed by atoms with van der Waals surface area (Å²) in [5.41, 5.74) is 0.801. The van der Waals surface area contributed by atoms with E-state index in [0.717, 1.165) is 11.8 Å². The molecule has 0 saturated carbocycles. The number of rotatable bonds is 0. The number of carbonyl (C=O) groups excluding carboxylic acids is 1. The smallest absolute Gasteiger partial charge is 0.357 e. The average Bonchev–Trinajstić information content (AvgIpc) is 2.65. The lowest BCUT2D eigenvalue weighted by Crippen LogP contribution is -2.52. The van der Waals surface area contributed by atoms with Gasteiger partial charge in [-0.3, -0.25) is 4.79 Å². The van der Waals surface area contributed by atoms with Gasteiger partial charge in [-0.15, -0.1) is 0 Å². The van der Waals surface area contributed by atoms with E-state index in [1.165, 1.54) is 12.1 Å². The van der Waals surface area contributed by atoms with Crippen LogP contribution >= 0.6 is 0 Å². The molecule has 0 radical (unpaired) electrons. The molecule has 0 aliphatic carbocycles. The van der Waals surface area contributed by atoms with Gasteiger partial charge in [-0.25, -0.2) is 0 Å². The van der Waals surface area contributed by atoms with Gasteiger partial charge in [0.1, 0.15) is 0 Å². The maximum absolute atomic E-state index is 12.6. The van der Waals surface area contributed by atoms with Crippen LogP contribution in [-0.2, 0) is 17.4 Å². The maximum Gasteiger partial charge on any atom is 0.416 e. The second-order valence-corrected chi connectivity index (χ2v) is 4.63. The van der Waals surface area contributed by atoms with E-state index in [1.807, 2.05) is 4.90 Å². The number of halogens is 3. The molecule has 6 heteroatoms. The first kappa shape index (κ1) is 11.4. The van der Waals surface area contributed by atoms with Gasteiger partial charge in [-0.05, 0) is 30.2 Å². The van der Waals surface area contributed by atoms with Crippen LogP contribution in [0.15, 0.2) is 18.2 Å². The summed E-state index contributed by atoms with van der Waals surface area (Å²) in [4.78, 5) is 13.2. The number of amides is 1. The molecule has 0 bridgehead atoms. The van der Waals surface area contributed by atoms with Crippen LogP contribution in [0.4, 0.5) is 18.9 Å². The van der Waals surface area contributed by atoms with Crippen LogP contribution in [0.1, 0.15) is 11.1 Å². The molecule has 1 aromatic rings. The average molecular weight is 256 g/mol. The first-order valence-electron chi connectivity index (χ1n) is 5.68. The fourth-order valence-corrected chi connectivity index (χ4v) is 2.61. The summed E-state index contributed by atoms with van der Waals surface area (Å²) in [5.74, 6) is -0.0843. The fraction of sp³-hybridized carbons (Fsp3) is 0.417. The number of hydrogen-bond donors (Lipinski definition) is 1. The summed E-state index contributed by atoms with van der Waals surface area (Å²) < 4.78 is 37.8. The van der Waals surface area contributed by atoms with Crippen molar-refractivity contribution in [2.45, 2.75) is 18.6 Å². The highest BCUT2D eigenvalue weighted by molar-refractivity contribution is 5.84. The Morgan fingerprint density at radius 2 is 2.11 bits per heavy atom. The molecule has 96 valence electrons. The van der Waals surface area contributed by atoms with Crippen LogP contribution in [-0.4, -0.2) is 25.0 Å². The highest BCUT2D eigenvalue weighted by Crippen LogP contribution is 2.37. The Labute approximate surface area is 102 Å². The first-order valence-corrected chi connectivity index (χ1v) is 5.68. The highest BCUT2D eigenvalue weighted by Gasteiger charge is 2.37. The molecule has 1 saturated heterocycles. The minimum atomic E-state index is -4.31. The van der Waals surface area contributed by atoms with Crippen molar-refractivity contribution in [3.63, 3.8) is 0 Å². The molecule has 1 fully saturated rings. The van der Waals surface area contributed by atoms with Crippen molar-refractivity contribution in [3.8, 4) is 0 Å². The summed E-state index contributed by atoms with van der Waals surface area (Å²) in [6, 6.07) is 3.82. The Bertz CT molecular complexity index is 513. The molecule has 2 aliphatic heterocycles. The van der Waals surface area contributed by atoms with Gasteiger partial charge in [0, 0.05) is 12.2 Å². The van der Waals surface area contributed by atoms with Crippen molar-refractivity contribution < 1.29 is 18.0 Å². The lowest BCUT2D eigenvalue weighted by Gasteiger charge is -2.31. The number of benzene rings is 1. The van der Waals surface area contributed by atoms with Crippen molar-refractivity contribution in [2.24, 2.45) is 0 Å². The molecule has 0 aromatic heterocycles. The van der Waals surface area contributed by atoms with Crippen molar-refractivity contribution >= 4 is 11.6 Å². The second-order valence-electron chi connectivity index (χ2n) is 4.63. The lowest BCUT2D eigenvalue weighted by atomic mass is 10.1. The lowest BCUT2D eigenvalue weighted by molar-refractivity contribution is -0.137. The van der Waals surface area contributed by atoms with E-state index in [2.05, 4.69) is 5.32 Å². The van der Waals surface area contributed by atoms with Crippen molar-refractivity contribution in [2.75, 3.05) is 18.0 Å². The summed E-state index contributed by atoms with van der Waals surface area (Å²) in [5, 5.41) is 2.73. The van der Waals surface area contributed by atoms with Crippen LogP contribution < -0.4 is 10.2 Å². The fourth-order valence-electron chi connectivity index (χ4n) is 2.61. The molecule has 18 heavy (non-hydrogen) atoms. The molecule has 3 nitrogen and oxygen atoms in total. The van der Waals surface area contributed by atoms with E-state index in [9.17, 15) is 18.0 Å². The topological polar surface area (TPSA) is 32.3 Å². The monoisotopic (exact) mass is 256 g/mol. The molecule has 1 amide bonds. The van der Waals surface area contributed by atoms with E-state index < -0.39 is 11.7 Å². The van der Waals surface area contributed by atoms with Crippen LogP contribution in [0.5, 0.6) is 0 Å². The number of fused-ring (bicyclic) bond motifs is 3. The van der Waals surface area contributed by atoms with Crippen LogP contribution in [0.3, 0.4) is 0 Å². The predicted molar refractivity (Wildman–Crippen MR) is 59.3 cm³/mol. The second kappa shape index (κ2) is 3.63. The summed E-state index contributed by atoms with van der Waals surface area (Å²) >= 11 is 0. The number of hydrogen-bond acceptors (Lipinski definition) is 2. The van der Waals surface area contributed by atoms with Crippen LogP contribution in [0.25, 0.3) is 0 Å². The van der Waals surface area contributed by atoms with Gasteiger partial charge in [0.25, 0.3) is 0 Å². The molecule has 3 rings (SSSR count). The Morgan fingerprint density at radius 1 is 1.33 bits per heavy atom. The molecule has 2 heterocycles. The molecular formula is C12H11F3N2O. The van der Waals surface area contributed by atoms with Crippen LogP contribution in [0, 0.1) is 0 Å². The third-order valence-electron chi connectivity index (χ3n) is 3.46. The normalized spacial score (nSPS) is 22.5. The van der Waals surface area contributed by atoms with E-state index >= 15 is 0 Å². The van der Waals surface area contributed by atoms with Crippen LogP contribution in [0.2, 0.25) is 0 Å². The van der Waals surface area contributed by atoms with Crippen molar-refractivity contribution in [3.05, 3.63) is 29.3 Å². The van der Waals surface area contributed by atoms with Gasteiger partial charge in [0.2, 0.25) is 5.91 Å². The molecule has 0 spiro atoms. The van der Waals surface area contributed by atoms with Crippen molar-refractivity contribution in [1.29, 1.82) is 0 Å². The number of piperazine rings is 1. The number of anilines is 1. The standard InChI is InChI=1S/C12H11F3N2O/c13-12(14,15)8-1-2-10-7(3-8)4-9-5-16-11(18)6-17(9)10/h1-3,9H,4-6H2,(H,16,18). The van der Waals surface area contributed by atoms with Crippen molar-refractivity contribution in [1.82, 2.24) is 5.32 Å². The van der Waals surface area contributed by atoms with Gasteiger partial charge in [0.05, 0.1) is 18.2 Å². The molecule has 1 atom stereocenters. The Morgan fingerprint density at radius 3 is 2.83 bits per heavy atom. The van der Waals surface area contributed by atoms with E-state index in [0.29, 0.717) is 18.5 Å². The number of nitrogens with one attached hydrogen (secondary N) is 1. The zero-order chi connectivity index (χ0) is 12.9. The molecule has 2 aliphatic rings. The largest absolute Gasteiger partial charge is 0.416 e. The van der Waals surface area contributed by atoms with Gasteiger partial charge in [-0.2, -0.15) is 13.2 Å². The summed E-state index contributed by atoms with van der Waals surface area (Å²) in [7, 11) is 0. The summed E-state index contributed by atoms with van der Waals surface area (Å²) in [6.07, 6.45) is -3.76. The van der Waals surface area contributed by atoms with Gasteiger partial charge in [-0.1, -0.05) is 0 Å². The Hall–Kier alpha value is -1.72. The molecule has 1 N–H and O–H groups in total. The Balaban J connectivity index is 1.97. The molecular weight excluding hydrogens is 245 g/mol. The number of carbonyl (C=O) groups is 1. The Kier molecular flexibility index (Phi) is 2.30. The quantitative estimate of drug-likeness (QED) is 0.764.